The molecule has 8 nitrogen and oxygen atoms in total. The summed E-state index contributed by atoms with van der Waals surface area (Å²) in [6, 6.07) is 7.97. The van der Waals surface area contributed by atoms with Crippen molar-refractivity contribution in [3.8, 4) is 0 Å². The van der Waals surface area contributed by atoms with Crippen molar-refractivity contribution in [3.63, 3.8) is 0 Å². The number of carboxylic acid groups (broad SMARTS) is 2. The molecule has 0 aliphatic heterocycles. The lowest BCUT2D eigenvalue weighted by atomic mass is 9.82. The van der Waals surface area contributed by atoms with Gasteiger partial charge in [-0.3, -0.25) is 28.8 Å². The number of carbonyl (C=O) groups is 6. The molecule has 0 radical (unpaired) electrons. The molecule has 0 amide bonds. The molecule has 0 heterocycles. The third-order valence-electron chi connectivity index (χ3n) is 4.79. The molecule has 1 aliphatic carbocycles. The van der Waals surface area contributed by atoms with Crippen LogP contribution in [0.5, 0.6) is 0 Å². The summed E-state index contributed by atoms with van der Waals surface area (Å²) in [5.74, 6) is -4.12. The molecule has 1 aliphatic rings. The highest BCUT2D eigenvalue weighted by Crippen LogP contribution is 2.29. The van der Waals surface area contributed by atoms with Crippen LogP contribution in [0.3, 0.4) is 0 Å². The van der Waals surface area contributed by atoms with Crippen molar-refractivity contribution in [2.24, 2.45) is 0 Å². The summed E-state index contributed by atoms with van der Waals surface area (Å²) in [6.07, 6.45) is -1.14. The van der Waals surface area contributed by atoms with E-state index in [9.17, 15) is 28.8 Å². The summed E-state index contributed by atoms with van der Waals surface area (Å²) in [5, 5.41) is 17.4. The summed E-state index contributed by atoms with van der Waals surface area (Å²) in [4.78, 5) is 71.4. The molecule has 8 heteroatoms. The number of carboxylic acids is 2. The first kappa shape index (κ1) is 20.8. The molecule has 3 rings (SSSR count). The molecule has 0 bridgehead atoms. The Labute approximate surface area is 170 Å². The molecule has 0 unspecified atom stereocenters. The van der Waals surface area contributed by atoms with E-state index in [2.05, 4.69) is 0 Å². The van der Waals surface area contributed by atoms with Crippen LogP contribution in [0.4, 0.5) is 0 Å². The molecule has 2 aromatic carbocycles. The number of ketones is 4. The molecule has 30 heavy (non-hydrogen) atoms. The van der Waals surface area contributed by atoms with Crippen molar-refractivity contribution in [2.75, 3.05) is 0 Å². The second-order valence-electron chi connectivity index (χ2n) is 6.81. The predicted molar refractivity (Wildman–Crippen MR) is 102 cm³/mol. The molecule has 0 spiro atoms. The number of rotatable bonds is 8. The number of Topliss-reactive ketones (excluding diaryl/α,β-unsaturated/α-hetero) is 2. The van der Waals surface area contributed by atoms with Crippen LogP contribution in [0.2, 0.25) is 0 Å². The van der Waals surface area contributed by atoms with Crippen molar-refractivity contribution in [2.45, 2.75) is 25.7 Å². The number of aliphatic carboxylic acids is 2. The van der Waals surface area contributed by atoms with E-state index in [1.54, 1.807) is 0 Å². The third-order valence-corrected chi connectivity index (χ3v) is 4.79. The van der Waals surface area contributed by atoms with E-state index in [4.69, 9.17) is 10.2 Å². The van der Waals surface area contributed by atoms with Gasteiger partial charge in [0.15, 0.2) is 23.1 Å². The van der Waals surface area contributed by atoms with E-state index in [0.29, 0.717) is 0 Å². The topological polar surface area (TPSA) is 143 Å². The smallest absolute Gasteiger partial charge is 0.303 e. The van der Waals surface area contributed by atoms with Crippen LogP contribution >= 0.6 is 0 Å². The summed E-state index contributed by atoms with van der Waals surface area (Å²) in [5.41, 5.74) is 0.521. The zero-order chi connectivity index (χ0) is 22.0. The Balaban J connectivity index is 1.92. The highest BCUT2D eigenvalue weighted by atomic mass is 16.4. The molecular formula is C22H16O8. The molecule has 2 aromatic rings. The lowest BCUT2D eigenvalue weighted by molar-refractivity contribution is -0.137. The molecule has 0 atom stereocenters. The molecule has 0 fully saturated rings. The minimum absolute atomic E-state index is 0.0404. The molecule has 0 aromatic heterocycles. The van der Waals surface area contributed by atoms with E-state index >= 15 is 0 Å². The SMILES string of the molecule is O=C(O)CCC(=O)c1ccc2c(c1)C(=O)c1ccc(C(=O)CCC(=O)O)cc1C2=O. The van der Waals surface area contributed by atoms with Crippen molar-refractivity contribution in [3.05, 3.63) is 69.8 Å². The molecule has 0 saturated carbocycles. The van der Waals surface area contributed by atoms with E-state index in [0.717, 1.165) is 0 Å². The standard InChI is InChI=1S/C22H16O8/c23-17(5-7-19(25)26)11-1-3-13-15(9-11)22(30)14-4-2-12(10-16(14)21(13)29)18(24)6-8-20(27)28/h1-4,9-10H,5-8H2,(H,25,26)(H,27,28). The molecule has 2 N–H and O–H groups in total. The number of hydrogen-bond donors (Lipinski definition) is 2. The van der Waals surface area contributed by atoms with Gasteiger partial charge in [0, 0.05) is 46.2 Å². The minimum Gasteiger partial charge on any atom is -0.481 e. The Kier molecular flexibility index (Phi) is 5.68. The van der Waals surface area contributed by atoms with Crippen LogP contribution in [-0.4, -0.2) is 45.3 Å². The van der Waals surface area contributed by atoms with Gasteiger partial charge in [-0.05, 0) is 24.3 Å². The van der Waals surface area contributed by atoms with Gasteiger partial charge in [-0.2, -0.15) is 0 Å². The highest BCUT2D eigenvalue weighted by Gasteiger charge is 2.31. The number of benzene rings is 2. The van der Waals surface area contributed by atoms with Gasteiger partial charge >= 0.3 is 11.9 Å². The number of hydrogen-bond acceptors (Lipinski definition) is 6. The highest BCUT2D eigenvalue weighted by molar-refractivity contribution is 6.29. The average molecular weight is 408 g/mol. The van der Waals surface area contributed by atoms with Gasteiger partial charge in [0.2, 0.25) is 0 Å². The van der Waals surface area contributed by atoms with Crippen LogP contribution in [0, 0.1) is 0 Å². The molecule has 152 valence electrons. The summed E-state index contributed by atoms with van der Waals surface area (Å²) in [6.45, 7) is 0. The first-order valence-corrected chi connectivity index (χ1v) is 9.06. The normalized spacial score (nSPS) is 12.1. The van der Waals surface area contributed by atoms with Gasteiger partial charge in [0.25, 0.3) is 0 Å². The van der Waals surface area contributed by atoms with Crippen molar-refractivity contribution in [1.29, 1.82) is 0 Å². The monoisotopic (exact) mass is 408 g/mol. The summed E-state index contributed by atoms with van der Waals surface area (Å²) < 4.78 is 0. The fourth-order valence-corrected chi connectivity index (χ4v) is 3.23. The zero-order valence-corrected chi connectivity index (χ0v) is 15.6. The predicted octanol–water partition coefficient (Wildman–Crippen LogP) is 2.56. The lowest BCUT2D eigenvalue weighted by Gasteiger charge is -2.18. The van der Waals surface area contributed by atoms with E-state index in [1.165, 1.54) is 36.4 Å². The second kappa shape index (κ2) is 8.20. The van der Waals surface area contributed by atoms with E-state index in [1.807, 2.05) is 0 Å². The largest absolute Gasteiger partial charge is 0.481 e. The van der Waals surface area contributed by atoms with Gasteiger partial charge in [-0.1, -0.05) is 12.1 Å². The Morgan fingerprint density at radius 1 is 0.567 bits per heavy atom. The van der Waals surface area contributed by atoms with Gasteiger partial charge in [-0.15, -0.1) is 0 Å². The van der Waals surface area contributed by atoms with E-state index < -0.39 is 35.1 Å². The second-order valence-corrected chi connectivity index (χ2v) is 6.81. The van der Waals surface area contributed by atoms with Crippen LogP contribution < -0.4 is 0 Å². The van der Waals surface area contributed by atoms with Crippen molar-refractivity contribution < 1.29 is 39.0 Å². The van der Waals surface area contributed by atoms with Gasteiger partial charge in [0.05, 0.1) is 12.8 Å². The summed E-state index contributed by atoms with van der Waals surface area (Å²) in [7, 11) is 0. The molecular weight excluding hydrogens is 392 g/mol. The van der Waals surface area contributed by atoms with E-state index in [-0.39, 0.29) is 59.1 Å². The fourth-order valence-electron chi connectivity index (χ4n) is 3.23. The fraction of sp³-hybridized carbons (Fsp3) is 0.182. The van der Waals surface area contributed by atoms with Crippen LogP contribution in [0.25, 0.3) is 0 Å². The number of carbonyl (C=O) groups excluding carboxylic acids is 4. The Bertz CT molecular complexity index is 1040. The van der Waals surface area contributed by atoms with Crippen LogP contribution in [0.15, 0.2) is 36.4 Å². The van der Waals surface area contributed by atoms with Crippen molar-refractivity contribution >= 4 is 35.1 Å². The Morgan fingerprint density at radius 2 is 0.933 bits per heavy atom. The first-order valence-electron chi connectivity index (χ1n) is 9.06. The Morgan fingerprint density at radius 3 is 1.27 bits per heavy atom. The first-order chi connectivity index (χ1) is 14.2. The molecule has 0 saturated heterocycles. The zero-order valence-electron chi connectivity index (χ0n) is 15.6. The lowest BCUT2D eigenvalue weighted by Crippen LogP contribution is -2.22. The van der Waals surface area contributed by atoms with Crippen LogP contribution in [0.1, 0.15) is 78.2 Å². The summed E-state index contributed by atoms with van der Waals surface area (Å²) >= 11 is 0. The maximum Gasteiger partial charge on any atom is 0.303 e. The maximum absolute atomic E-state index is 12.9. The third kappa shape index (κ3) is 4.07. The Hall–Kier alpha value is -3.94. The number of fused-ring (bicyclic) bond motifs is 2. The maximum atomic E-state index is 12.9. The quantitative estimate of drug-likeness (QED) is 0.541. The van der Waals surface area contributed by atoms with Gasteiger partial charge in [0.1, 0.15) is 0 Å². The minimum atomic E-state index is -1.12. The van der Waals surface area contributed by atoms with Gasteiger partial charge in [-0.25, -0.2) is 0 Å². The van der Waals surface area contributed by atoms with Crippen molar-refractivity contribution in [1.82, 2.24) is 0 Å². The average Bonchev–Trinajstić information content (AvgIpc) is 2.73. The van der Waals surface area contributed by atoms with Crippen LogP contribution in [-0.2, 0) is 9.59 Å². The van der Waals surface area contributed by atoms with Gasteiger partial charge < -0.3 is 10.2 Å².